The average Bonchev–Trinajstić information content (AvgIpc) is 2.73. The molecule has 0 bridgehead atoms. The number of nitrogens with two attached hydrogens (primary N) is 1. The fourth-order valence-corrected chi connectivity index (χ4v) is 2.85. The highest BCUT2D eigenvalue weighted by molar-refractivity contribution is 5.68. The molecule has 2 saturated heterocycles. The Bertz CT molecular complexity index is 319. The van der Waals surface area contributed by atoms with Crippen LogP contribution in [0.2, 0.25) is 0 Å². The van der Waals surface area contributed by atoms with Gasteiger partial charge in [0.1, 0.15) is 5.60 Å². The topological polar surface area (TPSA) is 64.8 Å². The number of piperidine rings is 1. The quantitative estimate of drug-likeness (QED) is 0.788. The number of amides is 1. The molecule has 0 aliphatic carbocycles. The van der Waals surface area contributed by atoms with Crippen molar-refractivity contribution in [2.24, 2.45) is 11.7 Å². The van der Waals surface area contributed by atoms with Crippen LogP contribution in [0.3, 0.4) is 0 Å². The lowest BCUT2D eigenvalue weighted by Gasteiger charge is -2.36. The Morgan fingerprint density at radius 1 is 1.26 bits per heavy atom. The van der Waals surface area contributed by atoms with E-state index < -0.39 is 5.60 Å². The number of carbonyl (C=O) groups excluding carboxylic acids is 1. The van der Waals surface area contributed by atoms with Gasteiger partial charge in [-0.15, -0.1) is 0 Å². The molecular formula is C14H26N2O3. The first kappa shape index (κ1) is 14.6. The van der Waals surface area contributed by atoms with Crippen molar-refractivity contribution < 1.29 is 14.3 Å². The van der Waals surface area contributed by atoms with Crippen LogP contribution >= 0.6 is 0 Å². The van der Waals surface area contributed by atoms with E-state index in [1.807, 2.05) is 20.8 Å². The normalized spacial score (nSPS) is 29.6. The largest absolute Gasteiger partial charge is 0.444 e. The predicted octanol–water partition coefficient (Wildman–Crippen LogP) is 1.75. The monoisotopic (exact) mass is 270 g/mol. The van der Waals surface area contributed by atoms with Gasteiger partial charge in [0.2, 0.25) is 0 Å². The summed E-state index contributed by atoms with van der Waals surface area (Å²) in [6.07, 6.45) is 2.84. The minimum atomic E-state index is -0.426. The molecule has 2 fully saturated rings. The van der Waals surface area contributed by atoms with Gasteiger partial charge in [-0.3, -0.25) is 0 Å². The summed E-state index contributed by atoms with van der Waals surface area (Å²) >= 11 is 0. The zero-order chi connectivity index (χ0) is 14.0. The minimum absolute atomic E-state index is 0.165. The number of likely N-dealkylation sites (tertiary alicyclic amines) is 1. The van der Waals surface area contributed by atoms with Crippen molar-refractivity contribution in [3.05, 3.63) is 0 Å². The van der Waals surface area contributed by atoms with Crippen molar-refractivity contribution in [2.75, 3.05) is 19.7 Å². The van der Waals surface area contributed by atoms with Crippen LogP contribution in [-0.2, 0) is 9.47 Å². The molecule has 0 spiro atoms. The minimum Gasteiger partial charge on any atom is -0.444 e. The molecule has 2 atom stereocenters. The van der Waals surface area contributed by atoms with Crippen LogP contribution < -0.4 is 5.73 Å². The third-order valence-electron chi connectivity index (χ3n) is 3.84. The summed E-state index contributed by atoms with van der Waals surface area (Å²) in [4.78, 5) is 13.7. The molecular weight excluding hydrogens is 244 g/mol. The highest BCUT2D eigenvalue weighted by Gasteiger charge is 2.36. The molecule has 19 heavy (non-hydrogen) atoms. The number of nitrogens with zero attached hydrogens (tertiary/aromatic N) is 1. The number of carbonyl (C=O) groups is 1. The lowest BCUT2D eigenvalue weighted by Crippen LogP contribution is -2.46. The van der Waals surface area contributed by atoms with Crippen molar-refractivity contribution >= 4 is 6.09 Å². The molecule has 0 saturated carbocycles. The third-order valence-corrected chi connectivity index (χ3v) is 3.84. The van der Waals surface area contributed by atoms with Gasteiger partial charge in [0.15, 0.2) is 0 Å². The van der Waals surface area contributed by atoms with Crippen molar-refractivity contribution in [1.82, 2.24) is 4.90 Å². The van der Waals surface area contributed by atoms with Gasteiger partial charge in [-0.25, -0.2) is 4.79 Å². The Balaban J connectivity index is 1.80. The summed E-state index contributed by atoms with van der Waals surface area (Å²) in [6.45, 7) is 7.94. The summed E-state index contributed by atoms with van der Waals surface area (Å²) < 4.78 is 11.1. The van der Waals surface area contributed by atoms with E-state index in [9.17, 15) is 4.79 Å². The molecule has 1 amide bonds. The van der Waals surface area contributed by atoms with E-state index in [0.717, 1.165) is 39.0 Å². The standard InChI is InChI=1S/C14H26N2O3/c1-14(2,3)19-13(17)16-7-4-10(5-8-16)12-11(15)6-9-18-12/h10-12H,4-9,15H2,1-3H3/t11-,12+/m0/s1. The molecule has 2 N–H and O–H groups in total. The maximum atomic E-state index is 12.0. The third kappa shape index (κ3) is 3.83. The molecule has 2 rings (SSSR count). The van der Waals surface area contributed by atoms with Gasteiger partial charge in [0.25, 0.3) is 0 Å². The van der Waals surface area contributed by atoms with Crippen LogP contribution in [0.15, 0.2) is 0 Å². The van der Waals surface area contributed by atoms with Crippen molar-refractivity contribution in [3.63, 3.8) is 0 Å². The van der Waals surface area contributed by atoms with E-state index in [0.29, 0.717) is 5.92 Å². The van der Waals surface area contributed by atoms with E-state index in [-0.39, 0.29) is 18.2 Å². The second-order valence-electron chi connectivity index (χ2n) is 6.59. The molecule has 0 aromatic heterocycles. The summed E-state index contributed by atoms with van der Waals surface area (Å²) in [5.74, 6) is 0.483. The van der Waals surface area contributed by atoms with Gasteiger partial charge in [-0.2, -0.15) is 0 Å². The molecule has 0 aromatic rings. The second-order valence-corrected chi connectivity index (χ2v) is 6.59. The second kappa shape index (κ2) is 5.67. The SMILES string of the molecule is CC(C)(C)OC(=O)N1CCC([C@H]2OCC[C@@H]2N)CC1. The Kier molecular flexibility index (Phi) is 4.36. The van der Waals surface area contributed by atoms with Crippen molar-refractivity contribution in [1.29, 1.82) is 0 Å². The van der Waals surface area contributed by atoms with E-state index >= 15 is 0 Å². The van der Waals surface area contributed by atoms with Gasteiger partial charge in [0.05, 0.1) is 6.10 Å². The highest BCUT2D eigenvalue weighted by atomic mass is 16.6. The molecule has 2 heterocycles. The summed E-state index contributed by atoms with van der Waals surface area (Å²) in [6, 6.07) is 0.165. The number of ether oxygens (including phenoxy) is 2. The number of hydrogen-bond donors (Lipinski definition) is 1. The summed E-state index contributed by atoms with van der Waals surface area (Å²) in [5, 5.41) is 0. The maximum absolute atomic E-state index is 12.0. The van der Waals surface area contributed by atoms with Gasteiger partial charge >= 0.3 is 6.09 Å². The van der Waals surface area contributed by atoms with Crippen LogP contribution in [0.1, 0.15) is 40.0 Å². The predicted molar refractivity (Wildman–Crippen MR) is 72.9 cm³/mol. The van der Waals surface area contributed by atoms with Crippen molar-refractivity contribution in [3.8, 4) is 0 Å². The Hall–Kier alpha value is -0.810. The van der Waals surface area contributed by atoms with Crippen LogP contribution in [-0.4, -0.2) is 48.4 Å². The average molecular weight is 270 g/mol. The molecule has 5 heteroatoms. The smallest absolute Gasteiger partial charge is 0.410 e. The maximum Gasteiger partial charge on any atom is 0.410 e. The summed E-state index contributed by atoms with van der Waals surface area (Å²) in [7, 11) is 0. The van der Waals surface area contributed by atoms with E-state index in [4.69, 9.17) is 15.2 Å². The zero-order valence-corrected chi connectivity index (χ0v) is 12.2. The Morgan fingerprint density at radius 2 is 1.89 bits per heavy atom. The molecule has 2 aliphatic rings. The van der Waals surface area contributed by atoms with Gasteiger partial charge in [-0.05, 0) is 46.0 Å². The van der Waals surface area contributed by atoms with Crippen LogP contribution in [0.5, 0.6) is 0 Å². The van der Waals surface area contributed by atoms with Crippen LogP contribution in [0, 0.1) is 5.92 Å². The molecule has 0 unspecified atom stereocenters. The van der Waals surface area contributed by atoms with Crippen molar-refractivity contribution in [2.45, 2.75) is 57.8 Å². The van der Waals surface area contributed by atoms with Gasteiger partial charge in [0, 0.05) is 25.7 Å². The Labute approximate surface area is 115 Å². The van der Waals surface area contributed by atoms with E-state index in [2.05, 4.69) is 0 Å². The van der Waals surface area contributed by atoms with E-state index in [1.54, 1.807) is 4.90 Å². The van der Waals surface area contributed by atoms with Gasteiger partial charge < -0.3 is 20.1 Å². The zero-order valence-electron chi connectivity index (χ0n) is 12.2. The molecule has 0 radical (unpaired) electrons. The van der Waals surface area contributed by atoms with E-state index in [1.165, 1.54) is 0 Å². The van der Waals surface area contributed by atoms with Gasteiger partial charge in [-0.1, -0.05) is 0 Å². The summed E-state index contributed by atoms with van der Waals surface area (Å²) in [5.41, 5.74) is 5.63. The highest BCUT2D eigenvalue weighted by Crippen LogP contribution is 2.28. The first-order valence-corrected chi connectivity index (χ1v) is 7.22. The lowest BCUT2D eigenvalue weighted by atomic mass is 9.88. The van der Waals surface area contributed by atoms with Crippen LogP contribution in [0.4, 0.5) is 4.79 Å². The molecule has 0 aromatic carbocycles. The van der Waals surface area contributed by atoms with Crippen LogP contribution in [0.25, 0.3) is 0 Å². The lowest BCUT2D eigenvalue weighted by molar-refractivity contribution is 0.000311. The fraction of sp³-hybridized carbons (Fsp3) is 0.929. The fourth-order valence-electron chi connectivity index (χ4n) is 2.85. The molecule has 5 nitrogen and oxygen atoms in total. The number of hydrogen-bond acceptors (Lipinski definition) is 4. The first-order valence-electron chi connectivity index (χ1n) is 7.22. The molecule has 2 aliphatic heterocycles. The molecule has 110 valence electrons. The number of rotatable bonds is 1. The first-order chi connectivity index (χ1) is 8.87. The Morgan fingerprint density at radius 3 is 2.37 bits per heavy atom.